The highest BCUT2D eigenvalue weighted by molar-refractivity contribution is 7.94. The summed E-state index contributed by atoms with van der Waals surface area (Å²) in [7, 11) is -4.55. The highest BCUT2D eigenvalue weighted by Crippen LogP contribution is 2.38. The fourth-order valence-electron chi connectivity index (χ4n) is 11.3. The van der Waals surface area contributed by atoms with Gasteiger partial charge in [-0.2, -0.15) is 25.5 Å². The van der Waals surface area contributed by atoms with Crippen molar-refractivity contribution in [3.05, 3.63) is 169 Å². The molecule has 0 fully saturated rings. The maximum atomic E-state index is 13.3. The molecule has 0 radical (unpaired) electrons. The van der Waals surface area contributed by atoms with Gasteiger partial charge in [0.1, 0.15) is 5.60 Å². The number of hydrogen-bond donors (Lipinski definition) is 4. The number of rotatable bonds is 8. The third-order valence-electron chi connectivity index (χ3n) is 16.1. The third kappa shape index (κ3) is 14.2. The van der Waals surface area contributed by atoms with Crippen LogP contribution in [0.1, 0.15) is 69.6 Å². The lowest BCUT2D eigenvalue weighted by atomic mass is 9.91. The maximum Gasteiger partial charge on any atom is 0.410 e. The van der Waals surface area contributed by atoms with Crippen LogP contribution < -0.4 is 18.9 Å². The number of aromatic nitrogens is 10. The van der Waals surface area contributed by atoms with Gasteiger partial charge in [-0.3, -0.25) is 42.7 Å². The number of halogens is 2. The Morgan fingerprint density at radius 1 is 0.526 bits per heavy atom. The average Bonchev–Trinajstić information content (AvgIpc) is 1.68. The van der Waals surface area contributed by atoms with Crippen molar-refractivity contribution in [2.24, 2.45) is 7.05 Å². The van der Waals surface area contributed by atoms with Gasteiger partial charge in [0.25, 0.3) is 29.6 Å². The number of carbonyl (C=O) groups is 5. The Morgan fingerprint density at radius 2 is 0.928 bits per heavy atom. The van der Waals surface area contributed by atoms with Crippen molar-refractivity contribution in [2.75, 3.05) is 26.3 Å². The van der Waals surface area contributed by atoms with Gasteiger partial charge in [-0.05, 0) is 103 Å². The van der Waals surface area contributed by atoms with E-state index < -0.39 is 67.3 Å². The average molecular weight is 1390 g/mol. The molecule has 9 aromatic rings. The topological polar surface area (TPSA) is 313 Å². The van der Waals surface area contributed by atoms with Crippen LogP contribution in [-0.4, -0.2) is 138 Å². The van der Waals surface area contributed by atoms with E-state index in [1.807, 2.05) is 107 Å². The zero-order valence-electron chi connectivity index (χ0n) is 52.1. The first kappa shape index (κ1) is 65.4. The van der Waals surface area contributed by atoms with Crippen molar-refractivity contribution < 1.29 is 59.1 Å². The zero-order chi connectivity index (χ0) is 68.0. The lowest BCUT2D eigenvalue weighted by Gasteiger charge is -2.29. The van der Waals surface area contributed by atoms with Crippen LogP contribution in [0.2, 0.25) is 0 Å². The summed E-state index contributed by atoms with van der Waals surface area (Å²) in [6, 6.07) is 23.4. The minimum Gasteiger partial charge on any atom is -0.444 e. The van der Waals surface area contributed by atoms with Crippen LogP contribution in [0.15, 0.2) is 153 Å². The van der Waals surface area contributed by atoms with Gasteiger partial charge in [-0.25, -0.2) is 49.1 Å². The van der Waals surface area contributed by atoms with Crippen molar-refractivity contribution in [3.63, 3.8) is 0 Å². The summed E-state index contributed by atoms with van der Waals surface area (Å²) < 4.78 is 102. The summed E-state index contributed by atoms with van der Waals surface area (Å²) in [6.07, 6.45) is 22.4. The summed E-state index contributed by atoms with van der Waals surface area (Å²) in [4.78, 5) is 59.5. The highest BCUT2D eigenvalue weighted by atomic mass is 32.2. The fraction of sp³-hybridized carbons (Fsp3) is 0.231. The minimum atomic E-state index is -2.63. The second kappa shape index (κ2) is 26.7. The summed E-state index contributed by atoms with van der Waals surface area (Å²) in [5.74, 6) is -4.19. The van der Waals surface area contributed by atoms with E-state index in [1.165, 1.54) is 43.9 Å². The molecule has 0 spiro atoms. The van der Waals surface area contributed by atoms with Gasteiger partial charge in [0, 0.05) is 90.6 Å². The summed E-state index contributed by atoms with van der Waals surface area (Å²) in [5.41, 5.74) is 10.7. The Labute approximate surface area is 560 Å². The first-order valence-electron chi connectivity index (χ1n) is 30.2. The van der Waals surface area contributed by atoms with Crippen LogP contribution in [0.25, 0.3) is 91.6 Å². The SMILES string of the molecule is CC(C)(C)OC(=O)N1CC=C(c2ccc3cnn(C4=CC(=O)NS4=O)c3c2)CC1.Cn1cc(-c2ccc3cnn(C4=CC(=O)NS4=O)c3c2)cn1.O=C1C=C(n2ncc3ccc(C4=CCC(F)(F)CC4)cc32)S(=O)N1.O=C1C=C(n2ncc3ccc(C4=CCOCC4)cc32)S(=O)N1. The number of hydrogen-bond acceptors (Lipinski definition) is 16. The van der Waals surface area contributed by atoms with Crippen molar-refractivity contribution in [3.8, 4) is 11.1 Å². The predicted molar refractivity (Wildman–Crippen MR) is 364 cm³/mol. The van der Waals surface area contributed by atoms with E-state index in [0.29, 0.717) is 53.1 Å². The maximum absolute atomic E-state index is 13.3. The van der Waals surface area contributed by atoms with Gasteiger partial charge >= 0.3 is 6.09 Å². The molecule has 16 rings (SSSR count). The smallest absolute Gasteiger partial charge is 0.410 e. The van der Waals surface area contributed by atoms with Gasteiger partial charge in [0.05, 0.1) is 66.3 Å². The summed E-state index contributed by atoms with van der Waals surface area (Å²) in [6.45, 7) is 7.96. The molecule has 26 nitrogen and oxygen atoms in total. The molecule has 32 heteroatoms. The van der Waals surface area contributed by atoms with Crippen molar-refractivity contribution in [2.45, 2.75) is 64.4 Å². The molecule has 11 heterocycles. The fourth-order valence-corrected chi connectivity index (χ4v) is 14.8. The first-order valence-corrected chi connectivity index (χ1v) is 34.8. The Morgan fingerprint density at radius 3 is 1.26 bits per heavy atom. The molecule has 0 saturated carbocycles. The van der Waals surface area contributed by atoms with E-state index >= 15 is 0 Å². The van der Waals surface area contributed by atoms with Gasteiger partial charge < -0.3 is 14.4 Å². The second-order valence-electron chi connectivity index (χ2n) is 23.8. The number of carbonyl (C=O) groups excluding carboxylic acids is 5. The number of alkyl halides is 2. The van der Waals surface area contributed by atoms with Gasteiger partial charge in [-0.15, -0.1) is 0 Å². The van der Waals surface area contributed by atoms with E-state index in [1.54, 1.807) is 51.3 Å². The molecule has 1 aliphatic carbocycles. The number of ether oxygens (including phenoxy) is 2. The zero-order valence-corrected chi connectivity index (χ0v) is 55.4. The molecular formula is C65H59F2N15O11S4. The number of amides is 5. The number of aryl methyl sites for hydroxylation is 1. The summed E-state index contributed by atoms with van der Waals surface area (Å²) in [5, 5.41) is 26.0. The molecule has 97 heavy (non-hydrogen) atoms. The first-order chi connectivity index (χ1) is 46.5. The van der Waals surface area contributed by atoms with Gasteiger partial charge in [-0.1, -0.05) is 66.8 Å². The van der Waals surface area contributed by atoms with Crippen LogP contribution in [0.3, 0.4) is 0 Å². The van der Waals surface area contributed by atoms with E-state index in [0.717, 1.165) is 90.1 Å². The Balaban J connectivity index is 0.000000117. The van der Waals surface area contributed by atoms with Crippen LogP contribution in [-0.2, 0) is 79.6 Å². The molecule has 0 saturated heterocycles. The van der Waals surface area contributed by atoms with Crippen LogP contribution in [0.4, 0.5) is 13.6 Å². The van der Waals surface area contributed by atoms with Crippen molar-refractivity contribution in [1.82, 2.24) is 72.7 Å². The van der Waals surface area contributed by atoms with Crippen LogP contribution >= 0.6 is 0 Å². The Bertz CT molecular complexity index is 5140. The number of nitrogens with one attached hydrogen (secondary N) is 4. The van der Waals surface area contributed by atoms with E-state index in [4.69, 9.17) is 9.47 Å². The number of benzene rings is 4. The third-order valence-corrected chi connectivity index (χ3v) is 20.3. The van der Waals surface area contributed by atoms with Crippen molar-refractivity contribution >= 4 is 154 Å². The lowest BCUT2D eigenvalue weighted by Crippen LogP contribution is -2.39. The largest absolute Gasteiger partial charge is 0.444 e. The molecule has 498 valence electrons. The Kier molecular flexibility index (Phi) is 18.0. The monoisotopic (exact) mass is 1390 g/mol. The number of allylic oxidation sites excluding steroid dienone is 2. The van der Waals surface area contributed by atoms with Crippen LogP contribution in [0.5, 0.6) is 0 Å². The molecule has 5 aromatic heterocycles. The predicted octanol–water partition coefficient (Wildman–Crippen LogP) is 7.94. The number of fused-ring (bicyclic) bond motifs is 4. The second-order valence-corrected chi connectivity index (χ2v) is 28.5. The van der Waals surface area contributed by atoms with Gasteiger partial charge in [0.2, 0.25) is 0 Å². The lowest BCUT2D eigenvalue weighted by molar-refractivity contribution is -0.115. The van der Waals surface area contributed by atoms with Gasteiger partial charge in [0.15, 0.2) is 64.1 Å². The standard InChI is InChI=1S/C20H22N4O4S.C16H13F2N3O2S.C15H13N3O3S.C14H11N5O2S/c1-20(2,3)28-19(26)23-8-6-13(7-9-23)14-4-5-15-12-21-24(16(15)10-14)18-11-17(25)22-29(18)27;17-16(18)5-3-10(4-6-16)11-1-2-12-9-19-21(13(12)7-11)15-8-14(22)20-24(15)23;19-14-8-15(22(20)17-14)18-13-7-11(1-2-12(13)9-16-18)10-3-5-21-6-4-10;1-18-8-11(7-15-18)9-2-3-10-6-16-19(12(10)4-9)14-5-13(20)17-22(14)21/h4-6,10-12H,7-9H2,1-3H3,(H,22,25);1-3,7-9H,4-6H2,(H,20,22);1-3,7-9H,4-6H2,(H,17,19);2-8H,1H3,(H,17,20). The molecule has 0 bridgehead atoms. The molecule has 6 aliphatic heterocycles. The van der Waals surface area contributed by atoms with E-state index in [9.17, 15) is 49.6 Å². The molecular weight excluding hydrogens is 1330 g/mol. The normalized spacial score (nSPS) is 20.6. The molecule has 4 N–H and O–H groups in total. The highest BCUT2D eigenvalue weighted by Gasteiger charge is 2.33. The van der Waals surface area contributed by atoms with Crippen LogP contribution in [0, 0.1) is 0 Å². The number of nitrogens with zero attached hydrogens (tertiary/aromatic N) is 11. The quantitative estimate of drug-likeness (QED) is 0.112. The van der Waals surface area contributed by atoms with E-state index in [-0.39, 0.29) is 35.8 Å². The minimum absolute atomic E-state index is 0.163. The molecule has 4 aromatic carbocycles. The summed E-state index contributed by atoms with van der Waals surface area (Å²) >= 11 is 0. The molecule has 7 aliphatic rings. The molecule has 5 amide bonds. The molecule has 4 atom stereocenters. The van der Waals surface area contributed by atoms with Crippen molar-refractivity contribution in [1.29, 1.82) is 0 Å². The molecule has 4 unspecified atom stereocenters. The van der Waals surface area contributed by atoms with E-state index in [2.05, 4.69) is 56.5 Å². The Hall–Kier alpha value is -10.3.